The Morgan fingerprint density at radius 2 is 1.94 bits per heavy atom. The second-order valence-electron chi connectivity index (χ2n) is 5.01. The molecule has 1 N–H and O–H groups in total. The van der Waals surface area contributed by atoms with Gasteiger partial charge in [0.15, 0.2) is 0 Å². The average Bonchev–Trinajstić information content (AvgIpc) is 2.65. The Morgan fingerprint density at radius 3 is 2.76 bits per heavy atom. The third-order valence-electron chi connectivity index (χ3n) is 3.66. The number of aliphatic hydroxyl groups excluding tert-OH is 1. The SMILES string of the molecule is CC1Cc2ccccc2N1CCCCCCO. The minimum absolute atomic E-state index is 0.336. The average molecular weight is 233 g/mol. The Kier molecular flexibility index (Phi) is 4.43. The Morgan fingerprint density at radius 1 is 1.18 bits per heavy atom. The number of anilines is 1. The molecule has 0 aliphatic carbocycles. The van der Waals surface area contributed by atoms with Crippen LogP contribution >= 0.6 is 0 Å². The summed E-state index contributed by atoms with van der Waals surface area (Å²) in [7, 11) is 0. The van der Waals surface area contributed by atoms with Gasteiger partial charge in [0, 0.05) is 24.9 Å². The van der Waals surface area contributed by atoms with Gasteiger partial charge in [-0.3, -0.25) is 0 Å². The zero-order valence-corrected chi connectivity index (χ0v) is 10.7. The molecule has 17 heavy (non-hydrogen) atoms. The van der Waals surface area contributed by atoms with Gasteiger partial charge in [0.1, 0.15) is 0 Å². The van der Waals surface area contributed by atoms with E-state index in [1.54, 1.807) is 0 Å². The van der Waals surface area contributed by atoms with Crippen molar-refractivity contribution in [1.82, 2.24) is 0 Å². The van der Waals surface area contributed by atoms with Gasteiger partial charge < -0.3 is 10.0 Å². The smallest absolute Gasteiger partial charge is 0.0431 e. The Hall–Kier alpha value is -1.02. The van der Waals surface area contributed by atoms with Crippen LogP contribution in [-0.2, 0) is 6.42 Å². The predicted molar refractivity (Wildman–Crippen MR) is 72.5 cm³/mol. The maximum Gasteiger partial charge on any atom is 0.0431 e. The van der Waals surface area contributed by atoms with Gasteiger partial charge in [0.2, 0.25) is 0 Å². The third-order valence-corrected chi connectivity index (χ3v) is 3.66. The highest BCUT2D eigenvalue weighted by Crippen LogP contribution is 2.31. The fourth-order valence-electron chi connectivity index (χ4n) is 2.72. The first kappa shape index (κ1) is 12.4. The van der Waals surface area contributed by atoms with E-state index in [9.17, 15) is 0 Å². The van der Waals surface area contributed by atoms with Crippen LogP contribution in [0.1, 0.15) is 38.2 Å². The van der Waals surface area contributed by atoms with E-state index < -0.39 is 0 Å². The number of hydrogen-bond acceptors (Lipinski definition) is 2. The number of nitrogens with zero attached hydrogens (tertiary/aromatic N) is 1. The van der Waals surface area contributed by atoms with Crippen LogP contribution in [0, 0.1) is 0 Å². The Labute approximate surface area is 104 Å². The lowest BCUT2D eigenvalue weighted by Crippen LogP contribution is -2.30. The normalized spacial score (nSPS) is 18.5. The van der Waals surface area contributed by atoms with Crippen molar-refractivity contribution in [2.45, 2.75) is 45.1 Å². The minimum Gasteiger partial charge on any atom is -0.396 e. The van der Waals surface area contributed by atoms with Crippen LogP contribution in [0.4, 0.5) is 5.69 Å². The van der Waals surface area contributed by atoms with Crippen molar-refractivity contribution in [2.75, 3.05) is 18.1 Å². The molecule has 1 aromatic rings. The van der Waals surface area contributed by atoms with Crippen molar-refractivity contribution in [3.8, 4) is 0 Å². The van der Waals surface area contributed by atoms with Crippen molar-refractivity contribution >= 4 is 5.69 Å². The summed E-state index contributed by atoms with van der Waals surface area (Å²) < 4.78 is 0. The van der Waals surface area contributed by atoms with Crippen molar-refractivity contribution in [2.24, 2.45) is 0 Å². The van der Waals surface area contributed by atoms with Crippen molar-refractivity contribution < 1.29 is 5.11 Å². The second-order valence-corrected chi connectivity index (χ2v) is 5.01. The molecule has 0 fully saturated rings. The van der Waals surface area contributed by atoms with Crippen LogP contribution in [0.3, 0.4) is 0 Å². The molecule has 0 saturated carbocycles. The molecule has 0 spiro atoms. The number of aliphatic hydroxyl groups is 1. The van der Waals surface area contributed by atoms with E-state index in [0.29, 0.717) is 12.6 Å². The molecule has 1 aromatic carbocycles. The number of para-hydroxylation sites is 1. The lowest BCUT2D eigenvalue weighted by molar-refractivity contribution is 0.282. The predicted octanol–water partition coefficient (Wildman–Crippen LogP) is 2.99. The Balaban J connectivity index is 1.84. The standard InChI is InChI=1S/C15H23NO/c1-13-12-14-8-4-5-9-15(14)16(13)10-6-2-3-7-11-17/h4-5,8-9,13,17H,2-3,6-7,10-12H2,1H3. The van der Waals surface area contributed by atoms with Crippen LogP contribution < -0.4 is 4.90 Å². The lowest BCUT2D eigenvalue weighted by atomic mass is 10.1. The van der Waals surface area contributed by atoms with Gasteiger partial charge in [0.25, 0.3) is 0 Å². The number of hydrogen-bond donors (Lipinski definition) is 1. The zero-order chi connectivity index (χ0) is 12.1. The molecule has 94 valence electrons. The summed E-state index contributed by atoms with van der Waals surface area (Å²) in [6.45, 7) is 3.81. The van der Waals surface area contributed by atoms with Gasteiger partial charge in [-0.2, -0.15) is 0 Å². The number of fused-ring (bicyclic) bond motifs is 1. The highest BCUT2D eigenvalue weighted by Gasteiger charge is 2.24. The summed E-state index contributed by atoms with van der Waals surface area (Å²) >= 11 is 0. The molecule has 1 aliphatic rings. The summed E-state index contributed by atoms with van der Waals surface area (Å²) in [6, 6.07) is 9.40. The number of benzene rings is 1. The third kappa shape index (κ3) is 3.01. The van der Waals surface area contributed by atoms with Gasteiger partial charge in [0.05, 0.1) is 0 Å². The molecular weight excluding hydrogens is 210 g/mol. The molecule has 2 heteroatoms. The van der Waals surface area contributed by atoms with E-state index in [-0.39, 0.29) is 0 Å². The Bertz CT molecular complexity index is 351. The van der Waals surface area contributed by atoms with Gasteiger partial charge in [-0.05, 0) is 37.8 Å². The summed E-state index contributed by atoms with van der Waals surface area (Å²) in [4.78, 5) is 2.54. The van der Waals surface area contributed by atoms with E-state index in [1.807, 2.05) is 0 Å². The molecule has 1 aliphatic heterocycles. The summed E-state index contributed by atoms with van der Waals surface area (Å²) in [5.41, 5.74) is 2.93. The fourth-order valence-corrected chi connectivity index (χ4v) is 2.72. The molecule has 0 saturated heterocycles. The van der Waals surface area contributed by atoms with Crippen LogP contribution in [0.2, 0.25) is 0 Å². The van der Waals surface area contributed by atoms with E-state index in [2.05, 4.69) is 36.1 Å². The van der Waals surface area contributed by atoms with E-state index in [0.717, 1.165) is 19.4 Å². The van der Waals surface area contributed by atoms with Crippen molar-refractivity contribution in [1.29, 1.82) is 0 Å². The van der Waals surface area contributed by atoms with E-state index >= 15 is 0 Å². The van der Waals surface area contributed by atoms with Gasteiger partial charge >= 0.3 is 0 Å². The molecule has 2 nitrogen and oxygen atoms in total. The summed E-state index contributed by atoms with van der Waals surface area (Å²) in [5.74, 6) is 0. The molecule has 1 unspecified atom stereocenters. The topological polar surface area (TPSA) is 23.5 Å². The fraction of sp³-hybridized carbons (Fsp3) is 0.600. The molecule has 0 radical (unpaired) electrons. The molecule has 0 aromatic heterocycles. The molecular formula is C15H23NO. The molecule has 1 atom stereocenters. The molecule has 0 bridgehead atoms. The summed E-state index contributed by atoms with van der Waals surface area (Å²) in [6.07, 6.45) is 5.75. The summed E-state index contributed by atoms with van der Waals surface area (Å²) in [5, 5.41) is 8.74. The van der Waals surface area contributed by atoms with E-state index in [1.165, 1.54) is 30.5 Å². The van der Waals surface area contributed by atoms with Crippen LogP contribution in [0.15, 0.2) is 24.3 Å². The van der Waals surface area contributed by atoms with Gasteiger partial charge in [-0.15, -0.1) is 0 Å². The van der Waals surface area contributed by atoms with Crippen LogP contribution in [-0.4, -0.2) is 24.3 Å². The first-order valence-corrected chi connectivity index (χ1v) is 6.78. The molecule has 2 rings (SSSR count). The maximum atomic E-state index is 8.74. The van der Waals surface area contributed by atoms with Crippen molar-refractivity contribution in [3.63, 3.8) is 0 Å². The number of unbranched alkanes of at least 4 members (excludes halogenated alkanes) is 3. The first-order chi connectivity index (χ1) is 8.33. The highest BCUT2D eigenvalue weighted by molar-refractivity contribution is 5.59. The highest BCUT2D eigenvalue weighted by atomic mass is 16.2. The molecule has 0 amide bonds. The van der Waals surface area contributed by atoms with E-state index in [4.69, 9.17) is 5.11 Å². The van der Waals surface area contributed by atoms with Gasteiger partial charge in [-0.25, -0.2) is 0 Å². The lowest BCUT2D eigenvalue weighted by Gasteiger charge is -2.24. The monoisotopic (exact) mass is 233 g/mol. The van der Waals surface area contributed by atoms with Crippen molar-refractivity contribution in [3.05, 3.63) is 29.8 Å². The maximum absolute atomic E-state index is 8.74. The van der Waals surface area contributed by atoms with Crippen LogP contribution in [0.5, 0.6) is 0 Å². The number of rotatable bonds is 6. The quantitative estimate of drug-likeness (QED) is 0.764. The first-order valence-electron chi connectivity index (χ1n) is 6.78. The second kappa shape index (κ2) is 6.06. The van der Waals surface area contributed by atoms with Gasteiger partial charge in [-0.1, -0.05) is 31.0 Å². The minimum atomic E-state index is 0.336. The zero-order valence-electron chi connectivity index (χ0n) is 10.7. The van der Waals surface area contributed by atoms with Crippen LogP contribution in [0.25, 0.3) is 0 Å². The largest absolute Gasteiger partial charge is 0.396 e. The molecule has 1 heterocycles.